The van der Waals surface area contributed by atoms with Crippen molar-refractivity contribution >= 4 is 5.97 Å². The fourth-order valence-corrected chi connectivity index (χ4v) is 2.15. The number of hydrogen-bond acceptors (Lipinski definition) is 7. The molecule has 7 nitrogen and oxygen atoms in total. The Bertz CT molecular complexity index is 561. The standard InChI is InChI=1S/C14H20N2O5/c1-3-20-14(19)11-8-10(17)13(18)12(21-11)9-16-6-4-15(2)5-7-16/h8,18H,3-7,9H2,1-2H3. The van der Waals surface area contributed by atoms with Gasteiger partial charge in [-0.2, -0.15) is 0 Å². The molecule has 1 fully saturated rings. The molecule has 0 aromatic carbocycles. The molecule has 0 spiro atoms. The predicted octanol–water partition coefficient (Wildman–Crippen LogP) is 0.269. The summed E-state index contributed by atoms with van der Waals surface area (Å²) in [6, 6.07) is 0.959. The first kappa shape index (κ1) is 15.5. The molecule has 0 atom stereocenters. The zero-order chi connectivity index (χ0) is 15.4. The van der Waals surface area contributed by atoms with E-state index in [2.05, 4.69) is 9.80 Å². The lowest BCUT2D eigenvalue weighted by molar-refractivity contribution is 0.0479. The van der Waals surface area contributed by atoms with Gasteiger partial charge in [-0.15, -0.1) is 0 Å². The van der Waals surface area contributed by atoms with Crippen molar-refractivity contribution in [2.24, 2.45) is 0 Å². The molecule has 0 amide bonds. The maximum absolute atomic E-state index is 11.7. The van der Waals surface area contributed by atoms with E-state index in [9.17, 15) is 14.7 Å². The van der Waals surface area contributed by atoms with Gasteiger partial charge in [0, 0.05) is 32.2 Å². The topological polar surface area (TPSA) is 83.2 Å². The number of ether oxygens (including phenoxy) is 1. The van der Waals surface area contributed by atoms with Crippen LogP contribution >= 0.6 is 0 Å². The van der Waals surface area contributed by atoms with Crippen LogP contribution in [0.15, 0.2) is 15.3 Å². The van der Waals surface area contributed by atoms with Gasteiger partial charge >= 0.3 is 5.97 Å². The first-order valence-electron chi connectivity index (χ1n) is 6.95. The van der Waals surface area contributed by atoms with E-state index in [0.717, 1.165) is 32.2 Å². The summed E-state index contributed by atoms with van der Waals surface area (Å²) in [4.78, 5) is 27.6. The number of nitrogens with zero attached hydrogens (tertiary/aromatic N) is 2. The van der Waals surface area contributed by atoms with Gasteiger partial charge in [0.15, 0.2) is 5.76 Å². The summed E-state index contributed by atoms with van der Waals surface area (Å²) < 4.78 is 10.2. The Kier molecular flexibility index (Phi) is 4.98. The molecule has 0 radical (unpaired) electrons. The number of likely N-dealkylation sites (N-methyl/N-ethyl adjacent to an activating group) is 1. The zero-order valence-corrected chi connectivity index (χ0v) is 12.3. The Morgan fingerprint density at radius 2 is 2.05 bits per heavy atom. The lowest BCUT2D eigenvalue weighted by Gasteiger charge is -2.31. The molecule has 0 unspecified atom stereocenters. The molecule has 1 aliphatic rings. The fourth-order valence-electron chi connectivity index (χ4n) is 2.15. The number of carbonyl (C=O) groups excluding carboxylic acids is 1. The third kappa shape index (κ3) is 3.83. The summed E-state index contributed by atoms with van der Waals surface area (Å²) in [6.07, 6.45) is 0. The molecule has 1 aliphatic heterocycles. The Balaban J connectivity index is 2.18. The van der Waals surface area contributed by atoms with E-state index in [1.165, 1.54) is 0 Å². The van der Waals surface area contributed by atoms with E-state index in [4.69, 9.17) is 9.15 Å². The van der Waals surface area contributed by atoms with Crippen LogP contribution in [0.2, 0.25) is 0 Å². The van der Waals surface area contributed by atoms with Gasteiger partial charge in [0.25, 0.3) is 0 Å². The third-order valence-electron chi connectivity index (χ3n) is 3.43. The van der Waals surface area contributed by atoms with E-state index < -0.39 is 17.1 Å². The largest absolute Gasteiger partial charge is 0.502 e. The number of rotatable bonds is 4. The molecule has 1 aromatic rings. The molecule has 0 bridgehead atoms. The molecule has 21 heavy (non-hydrogen) atoms. The van der Waals surface area contributed by atoms with Crippen LogP contribution < -0.4 is 5.43 Å². The average molecular weight is 296 g/mol. The van der Waals surface area contributed by atoms with E-state index >= 15 is 0 Å². The fraction of sp³-hybridized carbons (Fsp3) is 0.571. The quantitative estimate of drug-likeness (QED) is 0.798. The number of hydrogen-bond donors (Lipinski definition) is 1. The molecule has 1 saturated heterocycles. The Labute approximate surface area is 122 Å². The van der Waals surface area contributed by atoms with Crippen molar-refractivity contribution in [2.45, 2.75) is 13.5 Å². The first-order valence-corrected chi connectivity index (χ1v) is 6.95. The van der Waals surface area contributed by atoms with Gasteiger partial charge in [-0.1, -0.05) is 0 Å². The lowest BCUT2D eigenvalue weighted by atomic mass is 10.2. The van der Waals surface area contributed by atoms with Gasteiger partial charge in [-0.05, 0) is 14.0 Å². The minimum atomic E-state index is -0.700. The number of piperazine rings is 1. The van der Waals surface area contributed by atoms with Crippen LogP contribution in [-0.4, -0.2) is 60.7 Å². The van der Waals surface area contributed by atoms with Crippen LogP contribution in [0, 0.1) is 0 Å². The number of aromatic hydroxyl groups is 1. The second-order valence-corrected chi connectivity index (χ2v) is 5.05. The van der Waals surface area contributed by atoms with Gasteiger partial charge in [0.05, 0.1) is 13.2 Å². The van der Waals surface area contributed by atoms with Gasteiger partial charge in [-0.25, -0.2) is 4.79 Å². The summed E-state index contributed by atoms with van der Waals surface area (Å²) in [6.45, 7) is 5.58. The van der Waals surface area contributed by atoms with Crippen LogP contribution in [0.5, 0.6) is 5.75 Å². The molecule has 116 valence electrons. The molecular formula is C14H20N2O5. The summed E-state index contributed by atoms with van der Waals surface area (Å²) in [5.41, 5.74) is -0.631. The highest BCUT2D eigenvalue weighted by molar-refractivity contribution is 5.86. The van der Waals surface area contributed by atoms with E-state index in [1.807, 2.05) is 7.05 Å². The second-order valence-electron chi connectivity index (χ2n) is 5.05. The van der Waals surface area contributed by atoms with Crippen molar-refractivity contribution in [1.82, 2.24) is 9.80 Å². The van der Waals surface area contributed by atoms with Crippen LogP contribution in [0.4, 0.5) is 0 Å². The highest BCUT2D eigenvalue weighted by Gasteiger charge is 2.21. The van der Waals surface area contributed by atoms with Crippen LogP contribution in [0.1, 0.15) is 23.2 Å². The third-order valence-corrected chi connectivity index (χ3v) is 3.43. The highest BCUT2D eigenvalue weighted by Crippen LogP contribution is 2.17. The normalized spacial score (nSPS) is 16.9. The van der Waals surface area contributed by atoms with Gasteiger partial charge in [-0.3, -0.25) is 9.69 Å². The first-order chi connectivity index (χ1) is 10.0. The Hall–Kier alpha value is -1.86. The van der Waals surface area contributed by atoms with Crippen LogP contribution in [0.3, 0.4) is 0 Å². The molecular weight excluding hydrogens is 276 g/mol. The number of esters is 1. The molecule has 7 heteroatoms. The summed E-state index contributed by atoms with van der Waals surface area (Å²) >= 11 is 0. The molecule has 2 heterocycles. The van der Waals surface area contributed by atoms with Crippen molar-refractivity contribution in [1.29, 1.82) is 0 Å². The van der Waals surface area contributed by atoms with Gasteiger partial charge in [0.1, 0.15) is 0 Å². The summed E-state index contributed by atoms with van der Waals surface area (Å²) in [5.74, 6) is -1.21. The monoisotopic (exact) mass is 296 g/mol. The maximum atomic E-state index is 11.7. The molecule has 2 rings (SSSR count). The van der Waals surface area contributed by atoms with E-state index in [1.54, 1.807) is 6.92 Å². The number of carbonyl (C=O) groups is 1. The van der Waals surface area contributed by atoms with Crippen molar-refractivity contribution in [2.75, 3.05) is 39.8 Å². The molecule has 0 aliphatic carbocycles. The second kappa shape index (κ2) is 6.73. The maximum Gasteiger partial charge on any atom is 0.374 e. The predicted molar refractivity (Wildman–Crippen MR) is 75.4 cm³/mol. The Morgan fingerprint density at radius 1 is 1.38 bits per heavy atom. The van der Waals surface area contributed by atoms with E-state index in [0.29, 0.717) is 6.54 Å². The highest BCUT2D eigenvalue weighted by atomic mass is 16.5. The van der Waals surface area contributed by atoms with Crippen molar-refractivity contribution < 1.29 is 19.1 Å². The zero-order valence-electron chi connectivity index (χ0n) is 12.3. The smallest absolute Gasteiger partial charge is 0.374 e. The lowest BCUT2D eigenvalue weighted by Crippen LogP contribution is -2.44. The van der Waals surface area contributed by atoms with Crippen molar-refractivity contribution in [3.8, 4) is 5.75 Å². The van der Waals surface area contributed by atoms with Crippen LogP contribution in [0.25, 0.3) is 0 Å². The van der Waals surface area contributed by atoms with E-state index in [-0.39, 0.29) is 18.1 Å². The van der Waals surface area contributed by atoms with Gasteiger partial charge < -0.3 is 19.2 Å². The van der Waals surface area contributed by atoms with Crippen molar-refractivity contribution in [3.05, 3.63) is 27.8 Å². The average Bonchev–Trinajstić information content (AvgIpc) is 2.46. The summed E-state index contributed by atoms with van der Waals surface area (Å²) in [5, 5.41) is 9.82. The molecule has 1 aromatic heterocycles. The van der Waals surface area contributed by atoms with Crippen LogP contribution in [-0.2, 0) is 11.3 Å². The Morgan fingerprint density at radius 3 is 2.67 bits per heavy atom. The molecule has 1 N–H and O–H groups in total. The van der Waals surface area contributed by atoms with Gasteiger partial charge in [0.2, 0.25) is 16.9 Å². The SMILES string of the molecule is CCOC(=O)c1cc(=O)c(O)c(CN2CCN(C)CC2)o1. The minimum absolute atomic E-state index is 0.107. The minimum Gasteiger partial charge on any atom is -0.502 e. The van der Waals surface area contributed by atoms with Crippen molar-refractivity contribution in [3.63, 3.8) is 0 Å². The summed E-state index contributed by atoms with van der Waals surface area (Å²) in [7, 11) is 2.04. The molecule has 0 saturated carbocycles.